The topological polar surface area (TPSA) is 177 Å². The molecule has 0 spiro atoms. The van der Waals surface area contributed by atoms with Crippen molar-refractivity contribution in [2.45, 2.75) is 85.7 Å². The van der Waals surface area contributed by atoms with Gasteiger partial charge in [0.05, 0.1) is 19.7 Å². The van der Waals surface area contributed by atoms with Gasteiger partial charge in [0.2, 0.25) is 17.7 Å². The number of hydrogen-bond acceptors (Lipinski definition) is 8. The number of carbonyl (C=O) groups is 4. The van der Waals surface area contributed by atoms with E-state index in [0.717, 1.165) is 0 Å². The van der Waals surface area contributed by atoms with Crippen LogP contribution in [0.25, 0.3) is 0 Å². The number of aliphatic hydroxyl groups excluding tert-OH is 1. The molecule has 11 nitrogen and oxygen atoms in total. The van der Waals surface area contributed by atoms with Gasteiger partial charge in [-0.25, -0.2) is 0 Å². The molecule has 0 bridgehead atoms. The van der Waals surface area contributed by atoms with Crippen molar-refractivity contribution in [2.75, 3.05) is 39.9 Å². The SMILES string of the molecule is CC.CCCN(CC(=O)NC(CCCCN)C(=O)NCC(=O)OC)C(=O)C(N)CC(C)C.CCO. The van der Waals surface area contributed by atoms with Gasteiger partial charge in [-0.15, -0.1) is 0 Å². The molecule has 0 aromatic heterocycles. The predicted octanol–water partition coefficient (Wildman–Crippen LogP) is 0.526. The average Bonchev–Trinajstić information content (AvgIpc) is 2.82. The van der Waals surface area contributed by atoms with E-state index in [9.17, 15) is 19.2 Å². The largest absolute Gasteiger partial charge is 0.468 e. The van der Waals surface area contributed by atoms with E-state index in [-0.39, 0.29) is 31.5 Å². The minimum Gasteiger partial charge on any atom is -0.468 e. The van der Waals surface area contributed by atoms with E-state index in [4.69, 9.17) is 16.6 Å². The molecule has 2 atom stereocenters. The van der Waals surface area contributed by atoms with E-state index in [1.807, 2.05) is 34.6 Å². The van der Waals surface area contributed by atoms with Crippen LogP contribution in [-0.2, 0) is 23.9 Å². The highest BCUT2D eigenvalue weighted by molar-refractivity contribution is 5.92. The number of esters is 1. The van der Waals surface area contributed by atoms with E-state index in [1.165, 1.54) is 12.0 Å². The number of nitrogens with one attached hydrogen (secondary N) is 2. The fourth-order valence-electron chi connectivity index (χ4n) is 2.91. The lowest BCUT2D eigenvalue weighted by molar-refractivity contribution is -0.141. The quantitative estimate of drug-likeness (QED) is 0.158. The Kier molecular flexibility index (Phi) is 26.5. The Hall–Kier alpha value is -2.24. The Balaban J connectivity index is -0.00000189. The maximum atomic E-state index is 12.6. The molecule has 7 N–H and O–H groups in total. The minimum atomic E-state index is -0.836. The number of aliphatic hydroxyl groups is 1. The highest BCUT2D eigenvalue weighted by atomic mass is 16.5. The highest BCUT2D eigenvalue weighted by Crippen LogP contribution is 2.07. The number of unbranched alkanes of at least 4 members (excludes halogenated alkanes) is 1. The molecule has 0 aliphatic rings. The van der Waals surface area contributed by atoms with Crippen LogP contribution < -0.4 is 22.1 Å². The summed E-state index contributed by atoms with van der Waals surface area (Å²) >= 11 is 0. The number of nitrogens with two attached hydrogens (primary N) is 2. The van der Waals surface area contributed by atoms with Gasteiger partial charge in [0.25, 0.3) is 0 Å². The summed E-state index contributed by atoms with van der Waals surface area (Å²) in [6, 6.07) is -1.51. The molecule has 0 radical (unpaired) electrons. The summed E-state index contributed by atoms with van der Waals surface area (Å²) in [5, 5.41) is 12.7. The van der Waals surface area contributed by atoms with E-state index in [2.05, 4.69) is 15.4 Å². The lowest BCUT2D eigenvalue weighted by Gasteiger charge is -2.26. The van der Waals surface area contributed by atoms with Crippen LogP contribution in [0.2, 0.25) is 0 Å². The maximum absolute atomic E-state index is 12.6. The molecular formula is C24H51N5O6. The molecule has 0 saturated heterocycles. The van der Waals surface area contributed by atoms with Gasteiger partial charge >= 0.3 is 5.97 Å². The summed E-state index contributed by atoms with van der Waals surface area (Å²) in [7, 11) is 1.22. The van der Waals surface area contributed by atoms with E-state index in [0.29, 0.717) is 45.2 Å². The molecule has 11 heteroatoms. The second-order valence-electron chi connectivity index (χ2n) is 8.01. The maximum Gasteiger partial charge on any atom is 0.325 e. The summed E-state index contributed by atoms with van der Waals surface area (Å²) in [6.07, 6.45) is 2.89. The molecule has 35 heavy (non-hydrogen) atoms. The molecule has 3 amide bonds. The van der Waals surface area contributed by atoms with Crippen molar-refractivity contribution in [3.05, 3.63) is 0 Å². The summed E-state index contributed by atoms with van der Waals surface area (Å²) < 4.78 is 4.50. The van der Waals surface area contributed by atoms with Crippen LogP contribution in [0.15, 0.2) is 0 Å². The third-order valence-corrected chi connectivity index (χ3v) is 4.42. The van der Waals surface area contributed by atoms with E-state index in [1.54, 1.807) is 6.92 Å². The smallest absolute Gasteiger partial charge is 0.325 e. The number of carbonyl (C=O) groups excluding carboxylic acids is 4. The van der Waals surface area contributed by atoms with Crippen LogP contribution >= 0.6 is 0 Å². The second kappa shape index (κ2) is 24.9. The van der Waals surface area contributed by atoms with E-state index >= 15 is 0 Å². The van der Waals surface area contributed by atoms with E-state index < -0.39 is 29.9 Å². The summed E-state index contributed by atoms with van der Waals surface area (Å²) in [5.41, 5.74) is 11.5. The number of ether oxygens (including phenoxy) is 1. The van der Waals surface area contributed by atoms with Crippen LogP contribution in [-0.4, -0.2) is 85.7 Å². The molecule has 0 heterocycles. The Morgan fingerprint density at radius 1 is 1.09 bits per heavy atom. The third-order valence-electron chi connectivity index (χ3n) is 4.42. The first-order valence-corrected chi connectivity index (χ1v) is 12.6. The lowest BCUT2D eigenvalue weighted by Crippen LogP contribution is -2.53. The number of hydrogen-bond donors (Lipinski definition) is 5. The highest BCUT2D eigenvalue weighted by Gasteiger charge is 2.26. The number of methoxy groups -OCH3 is 1. The first-order chi connectivity index (χ1) is 16.6. The molecule has 0 rings (SSSR count). The normalized spacial score (nSPS) is 11.6. The van der Waals surface area contributed by atoms with Gasteiger partial charge in [0, 0.05) is 13.2 Å². The number of rotatable bonds is 15. The van der Waals surface area contributed by atoms with Crippen molar-refractivity contribution >= 4 is 23.7 Å². The molecule has 0 aromatic carbocycles. The predicted molar refractivity (Wildman–Crippen MR) is 138 cm³/mol. The third kappa shape index (κ3) is 20.8. The summed E-state index contributed by atoms with van der Waals surface area (Å²) in [6.45, 7) is 12.2. The Bertz CT molecular complexity index is 575. The summed E-state index contributed by atoms with van der Waals surface area (Å²) in [5.74, 6) is -1.56. The van der Waals surface area contributed by atoms with Crippen molar-refractivity contribution in [2.24, 2.45) is 17.4 Å². The Morgan fingerprint density at radius 3 is 2.11 bits per heavy atom. The van der Waals surface area contributed by atoms with Gasteiger partial charge in [-0.2, -0.15) is 0 Å². The fourth-order valence-corrected chi connectivity index (χ4v) is 2.91. The average molecular weight is 506 g/mol. The van der Waals surface area contributed by atoms with Crippen LogP contribution in [0.3, 0.4) is 0 Å². The van der Waals surface area contributed by atoms with Crippen molar-refractivity contribution in [3.8, 4) is 0 Å². The zero-order chi connectivity index (χ0) is 27.8. The number of nitrogens with zero attached hydrogens (tertiary/aromatic N) is 1. The molecule has 0 saturated carbocycles. The van der Waals surface area contributed by atoms with Gasteiger partial charge in [0.15, 0.2) is 0 Å². The van der Waals surface area contributed by atoms with Gasteiger partial charge in [0.1, 0.15) is 12.6 Å². The Morgan fingerprint density at radius 2 is 1.66 bits per heavy atom. The second-order valence-corrected chi connectivity index (χ2v) is 8.01. The van der Waals surface area contributed by atoms with Crippen LogP contribution in [0.5, 0.6) is 0 Å². The fraction of sp³-hybridized carbons (Fsp3) is 0.833. The van der Waals surface area contributed by atoms with Crippen LogP contribution in [0.4, 0.5) is 0 Å². The standard InChI is InChI=1S/C20H39N5O5.C2H6O.C2H6/c1-5-10-25(20(29)15(22)11-14(2)3)13-17(26)24-16(8-6-7-9-21)19(28)23-12-18(27)30-4;1-2-3;1-2/h14-16H,5-13,21-22H2,1-4H3,(H,23,28)(H,24,26);3H,2H2,1H3;1-2H3. The van der Waals surface area contributed by atoms with Crippen molar-refractivity contribution in [1.82, 2.24) is 15.5 Å². The monoisotopic (exact) mass is 505 g/mol. The number of amides is 3. The lowest BCUT2D eigenvalue weighted by atomic mass is 10.0. The van der Waals surface area contributed by atoms with Crippen molar-refractivity contribution < 1.29 is 29.0 Å². The molecule has 0 aliphatic carbocycles. The zero-order valence-corrected chi connectivity index (χ0v) is 22.9. The molecule has 208 valence electrons. The Labute approximate surface area is 211 Å². The molecule has 2 unspecified atom stereocenters. The van der Waals surface area contributed by atoms with Crippen LogP contribution in [0.1, 0.15) is 73.6 Å². The van der Waals surface area contributed by atoms with Gasteiger partial charge in [-0.05, 0) is 51.5 Å². The van der Waals surface area contributed by atoms with Crippen molar-refractivity contribution in [1.29, 1.82) is 0 Å². The minimum absolute atomic E-state index is 0.184. The molecule has 0 aliphatic heterocycles. The van der Waals surface area contributed by atoms with Crippen molar-refractivity contribution in [3.63, 3.8) is 0 Å². The van der Waals surface area contributed by atoms with Gasteiger partial charge < -0.3 is 36.8 Å². The zero-order valence-electron chi connectivity index (χ0n) is 22.9. The summed E-state index contributed by atoms with van der Waals surface area (Å²) in [4.78, 5) is 50.3. The molecular weight excluding hydrogens is 454 g/mol. The van der Waals surface area contributed by atoms with Gasteiger partial charge in [-0.1, -0.05) is 34.6 Å². The van der Waals surface area contributed by atoms with Gasteiger partial charge in [-0.3, -0.25) is 19.2 Å². The first kappa shape index (κ1) is 37.3. The first-order valence-electron chi connectivity index (χ1n) is 12.6. The molecule has 0 aromatic rings. The molecule has 0 fully saturated rings. The van der Waals surface area contributed by atoms with Crippen LogP contribution in [0, 0.1) is 5.92 Å².